The zero-order valence-electron chi connectivity index (χ0n) is 9.75. The van der Waals surface area contributed by atoms with Crippen LogP contribution in [0.15, 0.2) is 16.9 Å². The SMILES string of the molecule is COc1cc2c(=O)[nH]c(CCl)nc2cc1OC(F)F. The van der Waals surface area contributed by atoms with E-state index in [0.717, 1.165) is 0 Å². The van der Waals surface area contributed by atoms with Crippen LogP contribution in [-0.4, -0.2) is 23.7 Å². The van der Waals surface area contributed by atoms with E-state index in [0.29, 0.717) is 0 Å². The number of nitrogens with zero attached hydrogens (tertiary/aromatic N) is 1. The van der Waals surface area contributed by atoms with Gasteiger partial charge in [0.25, 0.3) is 5.56 Å². The molecule has 0 amide bonds. The lowest BCUT2D eigenvalue weighted by Crippen LogP contribution is -2.12. The number of ether oxygens (including phenoxy) is 2. The van der Waals surface area contributed by atoms with E-state index in [-0.39, 0.29) is 34.1 Å². The van der Waals surface area contributed by atoms with Gasteiger partial charge in [0.1, 0.15) is 5.82 Å². The quantitative estimate of drug-likeness (QED) is 0.877. The third-order valence-electron chi connectivity index (χ3n) is 2.38. The molecule has 1 aromatic heterocycles. The van der Waals surface area contributed by atoms with Gasteiger partial charge in [-0.1, -0.05) is 0 Å². The Morgan fingerprint density at radius 2 is 2.16 bits per heavy atom. The highest BCUT2D eigenvalue weighted by Crippen LogP contribution is 2.31. The average molecular weight is 291 g/mol. The van der Waals surface area contributed by atoms with Gasteiger partial charge in [0.15, 0.2) is 11.5 Å². The highest BCUT2D eigenvalue weighted by Gasteiger charge is 2.14. The summed E-state index contributed by atoms with van der Waals surface area (Å²) in [4.78, 5) is 18.3. The van der Waals surface area contributed by atoms with E-state index >= 15 is 0 Å². The van der Waals surface area contributed by atoms with E-state index in [1.54, 1.807) is 0 Å². The third kappa shape index (κ3) is 2.76. The molecule has 0 radical (unpaired) electrons. The molecule has 0 saturated carbocycles. The lowest BCUT2D eigenvalue weighted by molar-refractivity contribution is -0.0511. The number of rotatable bonds is 4. The fourth-order valence-corrected chi connectivity index (χ4v) is 1.73. The first-order valence-electron chi connectivity index (χ1n) is 5.17. The number of benzene rings is 1. The van der Waals surface area contributed by atoms with Crippen molar-refractivity contribution in [3.8, 4) is 11.5 Å². The van der Waals surface area contributed by atoms with E-state index in [1.165, 1.54) is 19.2 Å². The normalized spacial score (nSPS) is 11.0. The first-order chi connectivity index (χ1) is 9.05. The minimum absolute atomic E-state index is 0.00223. The van der Waals surface area contributed by atoms with Crippen LogP contribution in [0.25, 0.3) is 10.9 Å². The first-order valence-corrected chi connectivity index (χ1v) is 5.70. The van der Waals surface area contributed by atoms with E-state index in [4.69, 9.17) is 16.3 Å². The minimum Gasteiger partial charge on any atom is -0.493 e. The van der Waals surface area contributed by atoms with Gasteiger partial charge in [-0.25, -0.2) is 4.98 Å². The van der Waals surface area contributed by atoms with Gasteiger partial charge in [-0.2, -0.15) is 8.78 Å². The van der Waals surface area contributed by atoms with Crippen molar-refractivity contribution >= 4 is 22.5 Å². The van der Waals surface area contributed by atoms with Gasteiger partial charge >= 0.3 is 6.61 Å². The number of H-pyrrole nitrogens is 1. The molecule has 0 aliphatic heterocycles. The monoisotopic (exact) mass is 290 g/mol. The molecule has 0 aliphatic carbocycles. The van der Waals surface area contributed by atoms with E-state index < -0.39 is 12.2 Å². The Bertz CT molecular complexity index is 660. The number of aromatic nitrogens is 2. The van der Waals surface area contributed by atoms with Gasteiger partial charge in [0.05, 0.1) is 23.9 Å². The Labute approximate surface area is 111 Å². The Morgan fingerprint density at radius 3 is 2.74 bits per heavy atom. The number of hydrogen-bond donors (Lipinski definition) is 1. The summed E-state index contributed by atoms with van der Waals surface area (Å²) >= 11 is 5.57. The average Bonchev–Trinajstić information content (AvgIpc) is 2.37. The summed E-state index contributed by atoms with van der Waals surface area (Å²) in [5.74, 6) is 0.0806. The third-order valence-corrected chi connectivity index (χ3v) is 2.64. The maximum absolute atomic E-state index is 12.3. The van der Waals surface area contributed by atoms with Gasteiger partial charge in [-0.3, -0.25) is 4.79 Å². The maximum Gasteiger partial charge on any atom is 0.387 e. The fraction of sp³-hybridized carbons (Fsp3) is 0.273. The van der Waals surface area contributed by atoms with Crippen LogP contribution in [0.3, 0.4) is 0 Å². The number of aromatic amines is 1. The van der Waals surface area contributed by atoms with E-state index in [2.05, 4.69) is 14.7 Å². The summed E-state index contributed by atoms with van der Waals surface area (Å²) in [6.07, 6.45) is 0. The second-order valence-corrected chi connectivity index (χ2v) is 3.81. The molecular weight excluding hydrogens is 282 g/mol. The number of methoxy groups -OCH3 is 1. The zero-order valence-corrected chi connectivity index (χ0v) is 10.5. The number of alkyl halides is 3. The largest absolute Gasteiger partial charge is 0.493 e. The summed E-state index contributed by atoms with van der Waals surface area (Å²) in [5.41, 5.74) is -0.224. The Kier molecular flexibility index (Phi) is 3.84. The molecule has 2 aromatic rings. The van der Waals surface area contributed by atoms with Crippen molar-refractivity contribution in [1.29, 1.82) is 0 Å². The van der Waals surface area contributed by atoms with Crippen molar-refractivity contribution in [2.24, 2.45) is 0 Å². The molecule has 1 heterocycles. The Morgan fingerprint density at radius 1 is 1.42 bits per heavy atom. The van der Waals surface area contributed by atoms with Crippen LogP contribution in [0.5, 0.6) is 11.5 Å². The maximum atomic E-state index is 12.3. The highest BCUT2D eigenvalue weighted by atomic mass is 35.5. The summed E-state index contributed by atoms with van der Waals surface area (Å²) in [5, 5.41) is 0.201. The number of nitrogens with one attached hydrogen (secondary N) is 1. The fourth-order valence-electron chi connectivity index (χ4n) is 1.61. The second-order valence-electron chi connectivity index (χ2n) is 3.54. The predicted octanol–water partition coefficient (Wildman–Crippen LogP) is 2.27. The minimum atomic E-state index is -3.00. The Balaban J connectivity index is 2.67. The van der Waals surface area contributed by atoms with Crippen molar-refractivity contribution in [2.75, 3.05) is 7.11 Å². The van der Waals surface area contributed by atoms with Crippen molar-refractivity contribution < 1.29 is 18.3 Å². The molecule has 1 N–H and O–H groups in total. The molecule has 2 rings (SSSR count). The smallest absolute Gasteiger partial charge is 0.387 e. The standard InChI is InChI=1S/C11H9ClF2N2O3/c1-18-7-2-5-6(3-8(7)19-11(13)14)15-9(4-12)16-10(5)17/h2-3,11H,4H2,1H3,(H,15,16,17). The molecule has 0 spiro atoms. The van der Waals surface area contributed by atoms with Crippen molar-refractivity contribution in [2.45, 2.75) is 12.5 Å². The molecule has 8 heteroatoms. The molecular formula is C11H9ClF2N2O3. The molecule has 1 aromatic carbocycles. The van der Waals surface area contributed by atoms with Crippen LogP contribution < -0.4 is 15.0 Å². The van der Waals surface area contributed by atoms with Crippen LogP contribution in [0, 0.1) is 0 Å². The van der Waals surface area contributed by atoms with Crippen LogP contribution in [0.1, 0.15) is 5.82 Å². The molecule has 0 atom stereocenters. The molecule has 19 heavy (non-hydrogen) atoms. The topological polar surface area (TPSA) is 64.2 Å². The Hall–Kier alpha value is -1.89. The molecule has 0 unspecified atom stereocenters. The van der Waals surface area contributed by atoms with Gasteiger partial charge in [-0.15, -0.1) is 11.6 Å². The molecule has 0 bridgehead atoms. The van der Waals surface area contributed by atoms with Gasteiger partial charge in [-0.05, 0) is 6.07 Å². The van der Waals surface area contributed by atoms with Crippen LogP contribution in [-0.2, 0) is 5.88 Å². The lowest BCUT2D eigenvalue weighted by Gasteiger charge is -2.10. The highest BCUT2D eigenvalue weighted by molar-refractivity contribution is 6.16. The van der Waals surface area contributed by atoms with Gasteiger partial charge in [0.2, 0.25) is 0 Å². The van der Waals surface area contributed by atoms with Gasteiger partial charge < -0.3 is 14.5 Å². The first kappa shape index (κ1) is 13.5. The van der Waals surface area contributed by atoms with Gasteiger partial charge in [0, 0.05) is 6.07 Å². The molecule has 0 fully saturated rings. The van der Waals surface area contributed by atoms with E-state index in [9.17, 15) is 13.6 Å². The van der Waals surface area contributed by atoms with Crippen molar-refractivity contribution in [3.05, 3.63) is 28.3 Å². The summed E-state index contributed by atoms with van der Waals surface area (Å²) in [6.45, 7) is -3.00. The molecule has 102 valence electrons. The summed E-state index contributed by atoms with van der Waals surface area (Å²) in [7, 11) is 1.29. The number of fused-ring (bicyclic) bond motifs is 1. The number of hydrogen-bond acceptors (Lipinski definition) is 4. The second kappa shape index (κ2) is 5.40. The summed E-state index contributed by atoms with van der Waals surface area (Å²) < 4.78 is 33.8. The molecule has 5 nitrogen and oxygen atoms in total. The van der Waals surface area contributed by atoms with Crippen LogP contribution in [0.2, 0.25) is 0 Å². The summed E-state index contributed by atoms with van der Waals surface area (Å²) in [6, 6.07) is 2.50. The predicted molar refractivity (Wildman–Crippen MR) is 65.1 cm³/mol. The van der Waals surface area contributed by atoms with E-state index in [1.807, 2.05) is 0 Å². The van der Waals surface area contributed by atoms with Crippen LogP contribution >= 0.6 is 11.6 Å². The lowest BCUT2D eigenvalue weighted by atomic mass is 10.2. The van der Waals surface area contributed by atoms with Crippen molar-refractivity contribution in [3.63, 3.8) is 0 Å². The zero-order chi connectivity index (χ0) is 14.0. The number of halogens is 3. The van der Waals surface area contributed by atoms with Crippen molar-refractivity contribution in [1.82, 2.24) is 9.97 Å². The molecule has 0 saturated heterocycles. The molecule has 0 aliphatic rings. The van der Waals surface area contributed by atoms with Crippen LogP contribution in [0.4, 0.5) is 8.78 Å².